The van der Waals surface area contributed by atoms with E-state index in [9.17, 15) is 9.59 Å². The van der Waals surface area contributed by atoms with Crippen molar-refractivity contribution in [2.45, 2.75) is 43.9 Å². The summed E-state index contributed by atoms with van der Waals surface area (Å²) >= 11 is 3.12. The van der Waals surface area contributed by atoms with Crippen molar-refractivity contribution < 1.29 is 24.2 Å². The SMILES string of the molecule is CC(C)(Br)C(=O)OCCO.O=C1CCCCCO1. The van der Waals surface area contributed by atoms with Crippen molar-refractivity contribution in [1.82, 2.24) is 0 Å². The number of hydrogen-bond acceptors (Lipinski definition) is 5. The van der Waals surface area contributed by atoms with Crippen molar-refractivity contribution in [3.05, 3.63) is 0 Å². The monoisotopic (exact) mass is 324 g/mol. The van der Waals surface area contributed by atoms with Gasteiger partial charge < -0.3 is 14.6 Å². The van der Waals surface area contributed by atoms with Gasteiger partial charge in [0.1, 0.15) is 10.9 Å². The zero-order valence-electron chi connectivity index (χ0n) is 10.9. The Labute approximate surface area is 116 Å². The van der Waals surface area contributed by atoms with Gasteiger partial charge >= 0.3 is 11.9 Å². The Kier molecular flexibility index (Phi) is 9.01. The third kappa shape index (κ3) is 9.41. The van der Waals surface area contributed by atoms with Crippen molar-refractivity contribution in [2.24, 2.45) is 0 Å². The molecule has 0 spiro atoms. The van der Waals surface area contributed by atoms with Gasteiger partial charge in [-0.1, -0.05) is 15.9 Å². The molecule has 6 heteroatoms. The lowest BCUT2D eigenvalue weighted by atomic mass is 10.2. The Morgan fingerprint density at radius 1 is 1.44 bits per heavy atom. The van der Waals surface area contributed by atoms with E-state index in [1.165, 1.54) is 0 Å². The van der Waals surface area contributed by atoms with Crippen LogP contribution in [0.5, 0.6) is 0 Å². The highest BCUT2D eigenvalue weighted by Crippen LogP contribution is 2.16. The average molecular weight is 325 g/mol. The molecule has 1 heterocycles. The quantitative estimate of drug-likeness (QED) is 0.633. The highest BCUT2D eigenvalue weighted by molar-refractivity contribution is 9.10. The Morgan fingerprint density at radius 2 is 2.11 bits per heavy atom. The molecule has 0 saturated carbocycles. The molecule has 1 saturated heterocycles. The number of carbonyl (C=O) groups is 2. The zero-order valence-corrected chi connectivity index (χ0v) is 12.5. The van der Waals surface area contributed by atoms with Crippen molar-refractivity contribution in [3.8, 4) is 0 Å². The van der Waals surface area contributed by atoms with Crippen molar-refractivity contribution in [1.29, 1.82) is 0 Å². The molecule has 18 heavy (non-hydrogen) atoms. The van der Waals surface area contributed by atoms with Crippen LogP contribution in [-0.4, -0.2) is 41.2 Å². The van der Waals surface area contributed by atoms with Gasteiger partial charge in [0.25, 0.3) is 0 Å². The Bertz CT molecular complexity index is 250. The molecule has 1 aliphatic heterocycles. The third-order valence-electron chi connectivity index (χ3n) is 2.10. The molecule has 0 amide bonds. The molecule has 0 aliphatic carbocycles. The van der Waals surface area contributed by atoms with Gasteiger partial charge in [0.05, 0.1) is 13.2 Å². The second-order valence-corrected chi connectivity index (χ2v) is 6.35. The Hall–Kier alpha value is -0.620. The molecular formula is C12H21BrO5. The van der Waals surface area contributed by atoms with Crippen molar-refractivity contribution >= 4 is 27.9 Å². The number of rotatable bonds is 3. The highest BCUT2D eigenvalue weighted by atomic mass is 79.9. The first-order valence-corrected chi connectivity index (χ1v) is 6.80. The topological polar surface area (TPSA) is 72.8 Å². The molecule has 1 rings (SSSR count). The third-order valence-corrected chi connectivity index (χ3v) is 2.42. The first kappa shape index (κ1) is 17.4. The molecule has 0 radical (unpaired) electrons. The van der Waals surface area contributed by atoms with Crippen LogP contribution in [0, 0.1) is 0 Å². The van der Waals surface area contributed by atoms with Crippen LogP contribution in [0.2, 0.25) is 0 Å². The van der Waals surface area contributed by atoms with E-state index < -0.39 is 4.32 Å². The zero-order chi connectivity index (χ0) is 14.0. The van der Waals surface area contributed by atoms with E-state index in [0.717, 1.165) is 19.3 Å². The van der Waals surface area contributed by atoms with Crippen molar-refractivity contribution in [3.63, 3.8) is 0 Å². The van der Waals surface area contributed by atoms with Crippen LogP contribution in [0.1, 0.15) is 39.5 Å². The summed E-state index contributed by atoms with van der Waals surface area (Å²) in [7, 11) is 0. The van der Waals surface area contributed by atoms with Crippen LogP contribution in [0.4, 0.5) is 0 Å². The number of cyclic esters (lactones) is 1. The van der Waals surface area contributed by atoms with Crippen LogP contribution >= 0.6 is 15.9 Å². The summed E-state index contributed by atoms with van der Waals surface area (Å²) in [6.07, 6.45) is 3.83. The smallest absolute Gasteiger partial charge is 0.322 e. The van der Waals surface area contributed by atoms with E-state index in [4.69, 9.17) is 9.84 Å². The van der Waals surface area contributed by atoms with Gasteiger partial charge in [-0.2, -0.15) is 0 Å². The lowest BCUT2D eigenvalue weighted by molar-refractivity contribution is -0.146. The van der Waals surface area contributed by atoms with Crippen LogP contribution < -0.4 is 0 Å². The summed E-state index contributed by atoms with van der Waals surface area (Å²) < 4.78 is 8.73. The minimum Gasteiger partial charge on any atom is -0.466 e. The maximum absolute atomic E-state index is 10.8. The maximum atomic E-state index is 10.8. The lowest BCUT2D eigenvalue weighted by Crippen LogP contribution is -2.27. The van der Waals surface area contributed by atoms with Crippen LogP contribution in [0.3, 0.4) is 0 Å². The largest absolute Gasteiger partial charge is 0.466 e. The van der Waals surface area contributed by atoms with E-state index in [1.54, 1.807) is 13.8 Å². The Balaban J connectivity index is 0.000000327. The van der Waals surface area contributed by atoms with Crippen LogP contribution in [0.15, 0.2) is 0 Å². The first-order valence-electron chi connectivity index (χ1n) is 6.00. The average Bonchev–Trinajstić information content (AvgIpc) is 2.53. The second kappa shape index (κ2) is 9.33. The summed E-state index contributed by atoms with van der Waals surface area (Å²) in [5.41, 5.74) is 0. The number of hydrogen-bond donors (Lipinski definition) is 1. The highest BCUT2D eigenvalue weighted by Gasteiger charge is 2.24. The molecule has 1 fully saturated rings. The van der Waals surface area contributed by atoms with E-state index >= 15 is 0 Å². The fraction of sp³-hybridized carbons (Fsp3) is 0.833. The van der Waals surface area contributed by atoms with E-state index in [0.29, 0.717) is 13.0 Å². The summed E-state index contributed by atoms with van der Waals surface area (Å²) in [6, 6.07) is 0. The number of aliphatic hydroxyl groups excluding tert-OH is 1. The van der Waals surface area contributed by atoms with Crippen LogP contribution in [0.25, 0.3) is 0 Å². The van der Waals surface area contributed by atoms with Gasteiger partial charge in [0.15, 0.2) is 0 Å². The normalized spacial score (nSPS) is 15.9. The van der Waals surface area contributed by atoms with Gasteiger partial charge in [-0.25, -0.2) is 0 Å². The number of halogens is 1. The minimum absolute atomic E-state index is 0.0255. The molecule has 0 aromatic carbocycles. The molecule has 5 nitrogen and oxygen atoms in total. The second-order valence-electron chi connectivity index (χ2n) is 4.36. The number of aliphatic hydroxyl groups is 1. The van der Waals surface area contributed by atoms with Crippen LogP contribution in [-0.2, 0) is 19.1 Å². The summed E-state index contributed by atoms with van der Waals surface area (Å²) in [6.45, 7) is 3.95. The summed E-state index contributed by atoms with van der Waals surface area (Å²) in [5, 5.41) is 8.29. The van der Waals surface area contributed by atoms with E-state index in [-0.39, 0.29) is 25.2 Å². The molecule has 1 aliphatic rings. The number of ether oxygens (including phenoxy) is 2. The Morgan fingerprint density at radius 3 is 2.67 bits per heavy atom. The van der Waals surface area contributed by atoms with Gasteiger partial charge in [-0.3, -0.25) is 9.59 Å². The lowest BCUT2D eigenvalue weighted by Gasteiger charge is -2.13. The first-order chi connectivity index (χ1) is 8.38. The molecule has 0 aromatic rings. The molecule has 1 N–H and O–H groups in total. The van der Waals surface area contributed by atoms with Gasteiger partial charge in [-0.05, 0) is 33.1 Å². The fourth-order valence-corrected chi connectivity index (χ4v) is 1.23. The predicted molar refractivity (Wildman–Crippen MR) is 70.5 cm³/mol. The standard InChI is InChI=1S/C6H11BrO3.C6H10O2/c1-6(2,7)5(9)10-4-3-8;7-6-4-2-1-3-5-8-6/h8H,3-4H2,1-2H3;1-5H2. The van der Waals surface area contributed by atoms with Crippen molar-refractivity contribution in [2.75, 3.05) is 19.8 Å². The molecule has 0 unspecified atom stereocenters. The molecule has 0 bridgehead atoms. The number of carbonyl (C=O) groups excluding carboxylic acids is 2. The molecule has 0 atom stereocenters. The number of esters is 2. The number of alkyl halides is 1. The molecule has 106 valence electrons. The summed E-state index contributed by atoms with van der Waals surface area (Å²) in [5.74, 6) is -0.385. The van der Waals surface area contributed by atoms with E-state index in [1.807, 2.05) is 0 Å². The summed E-state index contributed by atoms with van der Waals surface area (Å²) in [4.78, 5) is 21.3. The fourth-order valence-electron chi connectivity index (χ4n) is 1.12. The molecular weight excluding hydrogens is 304 g/mol. The van der Waals surface area contributed by atoms with Gasteiger partial charge in [0, 0.05) is 6.42 Å². The minimum atomic E-state index is -0.651. The van der Waals surface area contributed by atoms with Gasteiger partial charge in [-0.15, -0.1) is 0 Å². The van der Waals surface area contributed by atoms with E-state index in [2.05, 4.69) is 20.7 Å². The van der Waals surface area contributed by atoms with Gasteiger partial charge in [0.2, 0.25) is 0 Å². The maximum Gasteiger partial charge on any atom is 0.322 e. The predicted octanol–water partition coefficient (Wildman–Crippen LogP) is 1.80. The molecule has 0 aromatic heterocycles.